The Morgan fingerprint density at radius 3 is 2.91 bits per heavy atom. The van der Waals surface area contributed by atoms with Gasteiger partial charge in [-0.05, 0) is 36.4 Å². The van der Waals surface area contributed by atoms with Crippen molar-refractivity contribution in [1.29, 1.82) is 0 Å². The number of fused-ring (bicyclic) bond motifs is 2. The van der Waals surface area contributed by atoms with E-state index in [1.165, 1.54) is 0 Å². The number of pyridine rings is 1. The number of nitrogens with one attached hydrogen (secondary N) is 1. The van der Waals surface area contributed by atoms with Crippen LogP contribution in [0.3, 0.4) is 0 Å². The van der Waals surface area contributed by atoms with Gasteiger partial charge < -0.3 is 14.5 Å². The third kappa shape index (κ3) is 2.09. The number of carbonyl (C=O) groups is 1. The molecule has 0 bridgehead atoms. The van der Waals surface area contributed by atoms with E-state index < -0.39 is 0 Å². The van der Waals surface area contributed by atoms with Crippen molar-refractivity contribution in [2.45, 2.75) is 0 Å². The Bertz CT molecular complexity index is 995. The van der Waals surface area contributed by atoms with Crippen molar-refractivity contribution in [2.75, 3.05) is 11.9 Å². The van der Waals surface area contributed by atoms with Gasteiger partial charge in [-0.1, -0.05) is 0 Å². The smallest absolute Gasteiger partial charge is 0.213 e. The molecule has 4 rings (SSSR count). The van der Waals surface area contributed by atoms with Crippen molar-refractivity contribution in [2.24, 2.45) is 7.05 Å². The Morgan fingerprint density at radius 1 is 1.26 bits per heavy atom. The fourth-order valence-corrected chi connectivity index (χ4v) is 2.98. The maximum atomic E-state index is 11.0. The molecule has 0 aliphatic heterocycles. The van der Waals surface area contributed by atoms with Crippen LogP contribution in [0.15, 0.2) is 48.8 Å². The van der Waals surface area contributed by atoms with Crippen LogP contribution >= 0.6 is 0 Å². The molecule has 0 spiro atoms. The molecule has 5 nitrogen and oxygen atoms in total. The molecule has 23 heavy (non-hydrogen) atoms. The van der Waals surface area contributed by atoms with E-state index in [1.807, 2.05) is 37.4 Å². The maximum Gasteiger partial charge on any atom is 0.213 e. The van der Waals surface area contributed by atoms with Crippen molar-refractivity contribution in [3.05, 3.63) is 48.8 Å². The zero-order chi connectivity index (χ0) is 16.0. The average Bonchev–Trinajstić information content (AvgIpc) is 3.15. The molecule has 0 unspecified atom stereocenters. The average molecular weight is 304 g/mol. The monoisotopic (exact) mass is 304 g/mol. The molecule has 3 heterocycles. The van der Waals surface area contributed by atoms with E-state index in [9.17, 15) is 4.79 Å². The Balaban J connectivity index is 1.96. The van der Waals surface area contributed by atoms with E-state index in [4.69, 9.17) is 0 Å². The molecule has 1 amide bonds. The van der Waals surface area contributed by atoms with E-state index in [0.717, 1.165) is 45.3 Å². The van der Waals surface area contributed by atoms with E-state index in [1.54, 1.807) is 18.1 Å². The van der Waals surface area contributed by atoms with Gasteiger partial charge in [0, 0.05) is 59.7 Å². The molecule has 1 N–H and O–H groups in total. The van der Waals surface area contributed by atoms with Crippen LogP contribution in [-0.2, 0) is 11.8 Å². The number of anilines is 1. The van der Waals surface area contributed by atoms with Gasteiger partial charge in [-0.3, -0.25) is 4.79 Å². The fourth-order valence-electron chi connectivity index (χ4n) is 2.98. The number of H-pyrrole nitrogens is 1. The molecule has 0 saturated heterocycles. The molecular formula is C18H16N4O. The lowest BCUT2D eigenvalue weighted by Crippen LogP contribution is -2.13. The van der Waals surface area contributed by atoms with Crippen LogP contribution in [-0.4, -0.2) is 28.0 Å². The second-order valence-corrected chi connectivity index (χ2v) is 5.70. The van der Waals surface area contributed by atoms with Crippen LogP contribution in [0.25, 0.3) is 33.2 Å². The van der Waals surface area contributed by atoms with Gasteiger partial charge >= 0.3 is 0 Å². The van der Waals surface area contributed by atoms with Gasteiger partial charge in [0.1, 0.15) is 5.65 Å². The number of benzene rings is 1. The lowest BCUT2D eigenvalue weighted by Gasteiger charge is -2.11. The van der Waals surface area contributed by atoms with Crippen LogP contribution in [0.5, 0.6) is 0 Å². The number of rotatable bonds is 3. The van der Waals surface area contributed by atoms with E-state index in [2.05, 4.69) is 26.8 Å². The Kier molecular flexibility index (Phi) is 2.94. The first-order valence-electron chi connectivity index (χ1n) is 7.38. The molecular weight excluding hydrogens is 288 g/mol. The fraction of sp³-hybridized carbons (Fsp3) is 0.111. The standard InChI is InChI=1S/C18H16N4O/c1-21-10-15(16-8-12-4-3-7-19-18(12)20-16)14-9-13(22(2)11-23)5-6-17(14)21/h3-11H,1-2H3,(H,19,20). The minimum atomic E-state index is 0.816. The predicted molar refractivity (Wildman–Crippen MR) is 92.5 cm³/mol. The summed E-state index contributed by atoms with van der Waals surface area (Å²) in [5, 5.41) is 2.19. The highest BCUT2D eigenvalue weighted by Gasteiger charge is 2.13. The second kappa shape index (κ2) is 4.98. The van der Waals surface area contributed by atoms with Crippen LogP contribution in [0.1, 0.15) is 0 Å². The van der Waals surface area contributed by atoms with E-state index >= 15 is 0 Å². The minimum absolute atomic E-state index is 0.816. The summed E-state index contributed by atoms with van der Waals surface area (Å²) in [7, 11) is 3.78. The molecule has 114 valence electrons. The molecule has 0 radical (unpaired) electrons. The van der Waals surface area contributed by atoms with E-state index in [0.29, 0.717) is 0 Å². The van der Waals surface area contributed by atoms with Crippen LogP contribution in [0.2, 0.25) is 0 Å². The summed E-state index contributed by atoms with van der Waals surface area (Å²) < 4.78 is 2.09. The summed E-state index contributed by atoms with van der Waals surface area (Å²) in [6, 6.07) is 12.1. The van der Waals surface area contributed by atoms with Gasteiger partial charge in [0.05, 0.1) is 0 Å². The number of hydrogen-bond acceptors (Lipinski definition) is 2. The summed E-state index contributed by atoms with van der Waals surface area (Å²) in [4.78, 5) is 20.3. The molecule has 5 heteroatoms. The zero-order valence-electron chi connectivity index (χ0n) is 12.9. The maximum absolute atomic E-state index is 11.0. The zero-order valence-corrected chi connectivity index (χ0v) is 12.9. The largest absolute Gasteiger partial charge is 0.350 e. The van der Waals surface area contributed by atoms with Crippen molar-refractivity contribution in [1.82, 2.24) is 14.5 Å². The first-order valence-corrected chi connectivity index (χ1v) is 7.38. The molecule has 1 aromatic carbocycles. The summed E-state index contributed by atoms with van der Waals surface area (Å²) in [6.45, 7) is 0. The summed E-state index contributed by atoms with van der Waals surface area (Å²) in [6.07, 6.45) is 4.69. The minimum Gasteiger partial charge on any atom is -0.350 e. The highest BCUT2D eigenvalue weighted by Crippen LogP contribution is 2.33. The van der Waals surface area contributed by atoms with Gasteiger partial charge in [0.2, 0.25) is 6.41 Å². The number of aromatic nitrogens is 3. The first-order chi connectivity index (χ1) is 11.2. The van der Waals surface area contributed by atoms with Gasteiger partial charge in [0.15, 0.2) is 0 Å². The van der Waals surface area contributed by atoms with Crippen molar-refractivity contribution in [3.8, 4) is 11.3 Å². The Hall–Kier alpha value is -3.08. The van der Waals surface area contributed by atoms with Crippen LogP contribution < -0.4 is 4.90 Å². The number of carbonyl (C=O) groups excluding carboxylic acids is 1. The molecule has 0 fully saturated rings. The van der Waals surface area contributed by atoms with Gasteiger partial charge in [-0.15, -0.1) is 0 Å². The molecule has 0 aliphatic rings. The number of nitrogens with zero attached hydrogens (tertiary/aromatic N) is 3. The molecule has 4 aromatic rings. The highest BCUT2D eigenvalue weighted by atomic mass is 16.1. The van der Waals surface area contributed by atoms with Crippen molar-refractivity contribution in [3.63, 3.8) is 0 Å². The number of aromatic amines is 1. The number of hydrogen-bond donors (Lipinski definition) is 1. The first kappa shape index (κ1) is 13.6. The number of aryl methyl sites for hydroxylation is 1. The lowest BCUT2D eigenvalue weighted by molar-refractivity contribution is -0.107. The lowest BCUT2D eigenvalue weighted by atomic mass is 10.1. The third-order valence-electron chi connectivity index (χ3n) is 4.22. The Morgan fingerprint density at radius 2 is 2.13 bits per heavy atom. The van der Waals surface area contributed by atoms with Crippen molar-refractivity contribution < 1.29 is 4.79 Å². The van der Waals surface area contributed by atoms with Crippen molar-refractivity contribution >= 4 is 34.0 Å². The summed E-state index contributed by atoms with van der Waals surface area (Å²) in [5.41, 5.74) is 4.99. The molecule has 0 atom stereocenters. The molecule has 0 aliphatic carbocycles. The normalized spacial score (nSPS) is 11.2. The Labute approximate surface area is 133 Å². The highest BCUT2D eigenvalue weighted by molar-refractivity contribution is 6.00. The van der Waals surface area contributed by atoms with E-state index in [-0.39, 0.29) is 0 Å². The quantitative estimate of drug-likeness (QED) is 0.590. The summed E-state index contributed by atoms with van der Waals surface area (Å²) >= 11 is 0. The molecule has 3 aromatic heterocycles. The number of amides is 1. The summed E-state index contributed by atoms with van der Waals surface area (Å²) in [5.74, 6) is 0. The van der Waals surface area contributed by atoms with Crippen LogP contribution in [0.4, 0.5) is 5.69 Å². The topological polar surface area (TPSA) is 53.9 Å². The molecule has 0 saturated carbocycles. The third-order valence-corrected chi connectivity index (χ3v) is 4.22. The van der Waals surface area contributed by atoms with Gasteiger partial charge in [-0.25, -0.2) is 4.98 Å². The van der Waals surface area contributed by atoms with Gasteiger partial charge in [0.25, 0.3) is 0 Å². The SMILES string of the molecule is CN(C=O)c1ccc2c(c1)c(-c1cc3cccnc3[nH]1)cn2C. The van der Waals surface area contributed by atoms with Gasteiger partial charge in [-0.2, -0.15) is 0 Å². The van der Waals surface area contributed by atoms with Crippen LogP contribution in [0, 0.1) is 0 Å². The predicted octanol–water partition coefficient (Wildman–Crippen LogP) is 3.31. The second-order valence-electron chi connectivity index (χ2n) is 5.70.